The fraction of sp³-hybridized carbons (Fsp3) is 0.556. The molecule has 0 spiro atoms. The maximum atomic E-state index is 6.10. The third kappa shape index (κ3) is 7.93. The molecule has 0 saturated carbocycles. The van der Waals surface area contributed by atoms with E-state index in [0.29, 0.717) is 25.4 Å². The van der Waals surface area contributed by atoms with Gasteiger partial charge in [0.15, 0.2) is 0 Å². The number of hydrogen-bond donors (Lipinski definition) is 0. The largest absolute Gasteiger partial charge is 0.491 e. The van der Waals surface area contributed by atoms with Gasteiger partial charge >= 0.3 is 0 Å². The first kappa shape index (κ1) is 27.9. The fourth-order valence-corrected chi connectivity index (χ4v) is 6.88. The average molecular weight is 740 g/mol. The molecule has 2 atom stereocenters. The van der Waals surface area contributed by atoms with Crippen molar-refractivity contribution in [2.75, 3.05) is 26.4 Å². The van der Waals surface area contributed by atoms with Gasteiger partial charge in [0.1, 0.15) is 11.5 Å². The van der Waals surface area contributed by atoms with Crippen molar-refractivity contribution >= 4 is 63.7 Å². The van der Waals surface area contributed by atoms with Gasteiger partial charge in [-0.25, -0.2) is 0 Å². The van der Waals surface area contributed by atoms with Crippen molar-refractivity contribution in [2.24, 2.45) is 0 Å². The lowest BCUT2D eigenvalue weighted by molar-refractivity contribution is 0.296. The van der Waals surface area contributed by atoms with Crippen LogP contribution in [0.25, 0.3) is 0 Å². The van der Waals surface area contributed by atoms with Crippen molar-refractivity contribution < 1.29 is 18.9 Å². The minimum absolute atomic E-state index is 0.234. The Hall–Kier alpha value is -0.120. The minimum Gasteiger partial charge on any atom is -0.491 e. The van der Waals surface area contributed by atoms with Crippen LogP contribution in [-0.4, -0.2) is 38.6 Å². The fourth-order valence-electron chi connectivity index (χ4n) is 4.05. The van der Waals surface area contributed by atoms with Crippen LogP contribution in [0.4, 0.5) is 0 Å². The second kappa shape index (κ2) is 12.6. The number of rotatable bonds is 14. The number of ether oxygens (including phenoxy) is 4. The van der Waals surface area contributed by atoms with Gasteiger partial charge in [-0.2, -0.15) is 0 Å². The summed E-state index contributed by atoms with van der Waals surface area (Å²) in [7, 11) is 0. The standard InChI is InChI=1S/C27H32Br4O4/c1-27(2,17-11-21(28)25(22(29)12-17)32-9-5-3-7-19-15-34-19)18-13-23(30)26(24(31)14-18)33-10-6-4-8-20-16-35-20/h11-14,19-20H,3-10,15-16H2,1-2H3. The topological polar surface area (TPSA) is 43.5 Å². The number of epoxide rings is 2. The van der Waals surface area contributed by atoms with Crippen molar-refractivity contribution in [3.8, 4) is 11.5 Å². The zero-order chi connectivity index (χ0) is 25.0. The molecule has 0 N–H and O–H groups in total. The van der Waals surface area contributed by atoms with E-state index in [1.165, 1.54) is 11.1 Å². The van der Waals surface area contributed by atoms with Gasteiger partial charge in [0.25, 0.3) is 0 Å². The first-order valence-corrected chi connectivity index (χ1v) is 15.4. The predicted octanol–water partition coefficient (Wildman–Crippen LogP) is 8.96. The molecular formula is C27H32Br4O4. The Labute approximate surface area is 242 Å². The van der Waals surface area contributed by atoms with Crippen LogP contribution in [0.1, 0.15) is 63.5 Å². The quantitative estimate of drug-likeness (QED) is 0.143. The second-order valence-electron chi connectivity index (χ2n) is 9.76. The number of hydrogen-bond acceptors (Lipinski definition) is 4. The van der Waals surface area contributed by atoms with Crippen LogP contribution in [0.2, 0.25) is 0 Å². The van der Waals surface area contributed by atoms with E-state index in [-0.39, 0.29) is 5.41 Å². The Morgan fingerprint density at radius 1 is 0.686 bits per heavy atom. The van der Waals surface area contributed by atoms with Gasteiger partial charge in [0.2, 0.25) is 0 Å². The zero-order valence-corrected chi connectivity index (χ0v) is 26.5. The summed E-state index contributed by atoms with van der Waals surface area (Å²) in [5.41, 5.74) is 2.13. The summed E-state index contributed by atoms with van der Waals surface area (Å²) >= 11 is 15.0. The highest BCUT2D eigenvalue weighted by molar-refractivity contribution is 9.11. The van der Waals surface area contributed by atoms with Crippen molar-refractivity contribution in [1.29, 1.82) is 0 Å². The van der Waals surface area contributed by atoms with Gasteiger partial charge < -0.3 is 18.9 Å². The molecule has 2 heterocycles. The van der Waals surface area contributed by atoms with E-state index in [9.17, 15) is 0 Å². The SMILES string of the molecule is CC(C)(c1cc(Br)c(OCCCCC2CO2)c(Br)c1)c1cc(Br)c(OCCCCC2CO2)c(Br)c1. The molecule has 8 heteroatoms. The van der Waals surface area contributed by atoms with Crippen molar-refractivity contribution in [2.45, 2.75) is 70.0 Å². The van der Waals surface area contributed by atoms with Gasteiger partial charge in [0.05, 0.1) is 56.5 Å². The van der Waals surface area contributed by atoms with Crippen LogP contribution in [0.3, 0.4) is 0 Å². The summed E-state index contributed by atoms with van der Waals surface area (Å²) in [6, 6.07) is 8.64. The molecule has 35 heavy (non-hydrogen) atoms. The molecular weight excluding hydrogens is 708 g/mol. The van der Waals surface area contributed by atoms with E-state index in [2.05, 4.69) is 102 Å². The highest BCUT2D eigenvalue weighted by Gasteiger charge is 2.28. The molecule has 0 amide bonds. The Morgan fingerprint density at radius 3 is 1.34 bits per heavy atom. The highest BCUT2D eigenvalue weighted by Crippen LogP contribution is 2.44. The van der Waals surface area contributed by atoms with Gasteiger partial charge in [-0.15, -0.1) is 0 Å². The molecule has 4 rings (SSSR count). The van der Waals surface area contributed by atoms with Crippen LogP contribution < -0.4 is 9.47 Å². The van der Waals surface area contributed by atoms with E-state index >= 15 is 0 Å². The van der Waals surface area contributed by atoms with Gasteiger partial charge in [-0.1, -0.05) is 13.8 Å². The van der Waals surface area contributed by atoms with Crippen molar-refractivity contribution in [3.05, 3.63) is 53.3 Å². The smallest absolute Gasteiger partial charge is 0.147 e. The number of unbranched alkanes of at least 4 members (excludes halogenated alkanes) is 2. The lowest BCUT2D eigenvalue weighted by Crippen LogP contribution is -2.19. The van der Waals surface area contributed by atoms with Crippen LogP contribution in [-0.2, 0) is 14.9 Å². The monoisotopic (exact) mass is 736 g/mol. The molecule has 0 aliphatic carbocycles. The van der Waals surface area contributed by atoms with Crippen LogP contribution >= 0.6 is 63.7 Å². The lowest BCUT2D eigenvalue weighted by Gasteiger charge is -2.28. The van der Waals surface area contributed by atoms with E-state index in [1.54, 1.807) is 0 Å². The molecule has 2 unspecified atom stereocenters. The normalized spacial score (nSPS) is 19.0. The molecule has 192 valence electrons. The molecule has 2 saturated heterocycles. The van der Waals surface area contributed by atoms with Gasteiger partial charge in [0, 0.05) is 5.41 Å². The van der Waals surface area contributed by atoms with E-state index in [4.69, 9.17) is 18.9 Å². The summed E-state index contributed by atoms with van der Waals surface area (Å²) in [4.78, 5) is 0. The first-order valence-electron chi connectivity index (χ1n) is 12.2. The molecule has 2 aliphatic rings. The average Bonchev–Trinajstić information content (AvgIpc) is 3.72. The summed E-state index contributed by atoms with van der Waals surface area (Å²) in [6.07, 6.45) is 7.54. The first-order chi connectivity index (χ1) is 16.8. The molecule has 0 aromatic heterocycles. The predicted molar refractivity (Wildman–Crippen MR) is 154 cm³/mol. The molecule has 2 aliphatic heterocycles. The van der Waals surface area contributed by atoms with E-state index in [0.717, 1.165) is 81.1 Å². The summed E-state index contributed by atoms with van der Waals surface area (Å²) < 4.78 is 26.6. The van der Waals surface area contributed by atoms with Crippen LogP contribution in [0.5, 0.6) is 11.5 Å². The molecule has 0 radical (unpaired) electrons. The lowest BCUT2D eigenvalue weighted by atomic mass is 9.78. The summed E-state index contributed by atoms with van der Waals surface area (Å²) in [5, 5.41) is 0. The number of benzene rings is 2. The van der Waals surface area contributed by atoms with E-state index < -0.39 is 0 Å². The summed E-state index contributed by atoms with van der Waals surface area (Å²) in [6.45, 7) is 7.71. The minimum atomic E-state index is -0.234. The van der Waals surface area contributed by atoms with Gasteiger partial charge in [-0.3, -0.25) is 0 Å². The zero-order valence-electron chi connectivity index (χ0n) is 20.2. The maximum Gasteiger partial charge on any atom is 0.147 e. The van der Waals surface area contributed by atoms with Crippen molar-refractivity contribution in [1.82, 2.24) is 0 Å². The summed E-state index contributed by atoms with van der Waals surface area (Å²) in [5.74, 6) is 1.71. The van der Waals surface area contributed by atoms with Crippen LogP contribution in [0.15, 0.2) is 42.2 Å². The van der Waals surface area contributed by atoms with Crippen LogP contribution in [0, 0.1) is 0 Å². The van der Waals surface area contributed by atoms with Gasteiger partial charge in [-0.05, 0) is 138 Å². The molecule has 4 nitrogen and oxygen atoms in total. The molecule has 0 bridgehead atoms. The Morgan fingerprint density at radius 2 is 1.03 bits per heavy atom. The molecule has 2 aromatic carbocycles. The third-order valence-corrected chi connectivity index (χ3v) is 8.93. The maximum absolute atomic E-state index is 6.10. The third-order valence-electron chi connectivity index (χ3n) is 6.58. The molecule has 2 fully saturated rings. The Kier molecular flexibility index (Phi) is 10.1. The molecule has 2 aromatic rings. The number of halogens is 4. The van der Waals surface area contributed by atoms with E-state index in [1.807, 2.05) is 0 Å². The Balaban J connectivity index is 1.39. The highest BCUT2D eigenvalue weighted by atomic mass is 79.9. The Bertz CT molecular complexity index is 893. The van der Waals surface area contributed by atoms with Crippen molar-refractivity contribution in [3.63, 3.8) is 0 Å². The second-order valence-corrected chi connectivity index (χ2v) is 13.2.